The minimum atomic E-state index is -0.991. The molecular formula is C19H20F2N2O3S. The van der Waals surface area contributed by atoms with E-state index in [0.29, 0.717) is 30.4 Å². The first-order valence-electron chi connectivity index (χ1n) is 8.82. The molecule has 27 heavy (non-hydrogen) atoms. The van der Waals surface area contributed by atoms with Crippen molar-refractivity contribution in [3.05, 3.63) is 34.2 Å². The molecule has 4 rings (SSSR count). The third-order valence-corrected chi connectivity index (χ3v) is 6.14. The van der Waals surface area contributed by atoms with Crippen LogP contribution >= 0.6 is 11.3 Å². The fourth-order valence-corrected chi connectivity index (χ4v) is 4.11. The minimum Gasteiger partial charge on any atom is -0.496 e. The van der Waals surface area contributed by atoms with Gasteiger partial charge in [0.05, 0.1) is 31.5 Å². The highest BCUT2D eigenvalue weighted by atomic mass is 32.1. The molecule has 1 atom stereocenters. The molecular weight excluding hydrogens is 374 g/mol. The van der Waals surface area contributed by atoms with Crippen molar-refractivity contribution >= 4 is 17.2 Å². The summed E-state index contributed by atoms with van der Waals surface area (Å²) in [5.74, 6) is -1.57. The first-order chi connectivity index (χ1) is 12.9. The Morgan fingerprint density at radius 2 is 2.19 bits per heavy atom. The van der Waals surface area contributed by atoms with Gasteiger partial charge in [-0.05, 0) is 25.0 Å². The second-order valence-corrected chi connectivity index (χ2v) is 8.07. The molecule has 0 unspecified atom stereocenters. The number of halogens is 2. The number of aromatic nitrogens is 1. The molecule has 8 heteroatoms. The monoisotopic (exact) mass is 394 g/mol. The van der Waals surface area contributed by atoms with Crippen molar-refractivity contribution in [1.29, 1.82) is 0 Å². The van der Waals surface area contributed by atoms with E-state index in [2.05, 4.69) is 4.98 Å². The fourth-order valence-electron chi connectivity index (χ4n) is 3.26. The summed E-state index contributed by atoms with van der Waals surface area (Å²) in [6.45, 7) is 3.40. The Morgan fingerprint density at radius 1 is 1.41 bits per heavy atom. The lowest BCUT2D eigenvalue weighted by Gasteiger charge is -2.33. The lowest BCUT2D eigenvalue weighted by Crippen LogP contribution is -2.45. The second-order valence-electron chi connectivity index (χ2n) is 7.18. The van der Waals surface area contributed by atoms with Gasteiger partial charge in [-0.3, -0.25) is 4.79 Å². The van der Waals surface area contributed by atoms with Gasteiger partial charge >= 0.3 is 0 Å². The third-order valence-electron chi connectivity index (χ3n) is 5.20. The number of amides is 1. The van der Waals surface area contributed by atoms with Gasteiger partial charge in [0.15, 0.2) is 11.6 Å². The van der Waals surface area contributed by atoms with E-state index in [1.807, 2.05) is 11.8 Å². The molecule has 0 N–H and O–H groups in total. The molecule has 2 aliphatic rings. The molecule has 2 aromatic rings. The molecule has 5 nitrogen and oxygen atoms in total. The van der Waals surface area contributed by atoms with Gasteiger partial charge in [-0.25, -0.2) is 13.8 Å². The van der Waals surface area contributed by atoms with Crippen molar-refractivity contribution < 1.29 is 23.0 Å². The number of nitrogens with zero attached hydrogens (tertiary/aromatic N) is 2. The Morgan fingerprint density at radius 3 is 2.89 bits per heavy atom. The number of benzene rings is 1. The number of carbonyl (C=O) groups excluding carboxylic acids is 1. The third kappa shape index (κ3) is 3.32. The Kier molecular flexibility index (Phi) is 4.63. The number of morpholine rings is 1. The first kappa shape index (κ1) is 18.3. The lowest BCUT2D eigenvalue weighted by atomic mass is 10.1. The van der Waals surface area contributed by atoms with Gasteiger partial charge in [-0.1, -0.05) is 6.92 Å². The van der Waals surface area contributed by atoms with Crippen LogP contribution in [0.4, 0.5) is 8.78 Å². The largest absolute Gasteiger partial charge is 0.496 e. The van der Waals surface area contributed by atoms with Crippen molar-refractivity contribution in [3.8, 4) is 17.0 Å². The quantitative estimate of drug-likeness (QED) is 0.792. The highest BCUT2D eigenvalue weighted by molar-refractivity contribution is 7.10. The normalized spacial score (nSPS) is 21.2. The zero-order valence-corrected chi connectivity index (χ0v) is 15.9. The number of hydrogen-bond donors (Lipinski definition) is 0. The summed E-state index contributed by atoms with van der Waals surface area (Å²) in [5.41, 5.74) is 0.0628. The van der Waals surface area contributed by atoms with Gasteiger partial charge < -0.3 is 14.4 Å². The van der Waals surface area contributed by atoms with Crippen LogP contribution in [-0.4, -0.2) is 42.6 Å². The molecule has 1 aromatic carbocycles. The van der Waals surface area contributed by atoms with Crippen LogP contribution in [0.1, 0.15) is 30.9 Å². The van der Waals surface area contributed by atoms with Gasteiger partial charge in [-0.2, -0.15) is 0 Å². The lowest BCUT2D eigenvalue weighted by molar-refractivity contribution is -0.144. The molecule has 1 aromatic heterocycles. The summed E-state index contributed by atoms with van der Waals surface area (Å²) in [5, 5.41) is 2.29. The maximum atomic E-state index is 14.3. The van der Waals surface area contributed by atoms with Crippen LogP contribution < -0.4 is 4.74 Å². The zero-order chi connectivity index (χ0) is 19.2. The average molecular weight is 394 g/mol. The number of methoxy groups -OCH3 is 1. The molecule has 2 fully saturated rings. The van der Waals surface area contributed by atoms with Gasteiger partial charge in [0, 0.05) is 17.3 Å². The Balaban J connectivity index is 1.58. The van der Waals surface area contributed by atoms with E-state index >= 15 is 0 Å². The van der Waals surface area contributed by atoms with Crippen LogP contribution in [0.25, 0.3) is 11.3 Å². The van der Waals surface area contributed by atoms with E-state index in [4.69, 9.17) is 9.47 Å². The van der Waals surface area contributed by atoms with Crippen molar-refractivity contribution in [1.82, 2.24) is 9.88 Å². The molecule has 2 heterocycles. The van der Waals surface area contributed by atoms with Crippen molar-refractivity contribution in [3.63, 3.8) is 0 Å². The smallest absolute Gasteiger partial charge is 0.228 e. The van der Waals surface area contributed by atoms with Crippen LogP contribution in [-0.2, 0) is 9.53 Å². The molecule has 0 bridgehead atoms. The molecule has 1 saturated heterocycles. The van der Waals surface area contributed by atoms with E-state index < -0.39 is 11.6 Å². The van der Waals surface area contributed by atoms with Crippen LogP contribution in [0.5, 0.6) is 5.75 Å². The topological polar surface area (TPSA) is 51.7 Å². The van der Waals surface area contributed by atoms with Crippen LogP contribution in [0.2, 0.25) is 0 Å². The van der Waals surface area contributed by atoms with E-state index in [1.54, 1.807) is 5.38 Å². The predicted molar refractivity (Wildman–Crippen MR) is 96.6 cm³/mol. The molecule has 1 aliphatic carbocycles. The number of rotatable bonds is 4. The SMILES string of the molecule is COc1ccc(F)c(F)c1-c1csc([C@H]2CN(C(=O)C3(C)CC3)CCO2)n1. The summed E-state index contributed by atoms with van der Waals surface area (Å²) >= 11 is 1.30. The van der Waals surface area contributed by atoms with Gasteiger partial charge in [0.2, 0.25) is 5.91 Å². The van der Waals surface area contributed by atoms with E-state index in [9.17, 15) is 13.6 Å². The van der Waals surface area contributed by atoms with Crippen molar-refractivity contribution in [2.24, 2.45) is 5.41 Å². The maximum absolute atomic E-state index is 14.3. The average Bonchev–Trinajstić information content (AvgIpc) is 3.25. The number of carbonyl (C=O) groups is 1. The molecule has 0 radical (unpaired) electrons. The summed E-state index contributed by atoms with van der Waals surface area (Å²) in [7, 11) is 1.40. The highest BCUT2D eigenvalue weighted by Gasteiger charge is 2.48. The molecule has 1 saturated carbocycles. The van der Waals surface area contributed by atoms with E-state index in [-0.39, 0.29) is 28.7 Å². The van der Waals surface area contributed by atoms with Crippen LogP contribution in [0.3, 0.4) is 0 Å². The van der Waals surface area contributed by atoms with Gasteiger partial charge in [-0.15, -0.1) is 11.3 Å². The maximum Gasteiger partial charge on any atom is 0.228 e. The molecule has 0 spiro atoms. The van der Waals surface area contributed by atoms with Gasteiger partial charge in [0.25, 0.3) is 0 Å². The van der Waals surface area contributed by atoms with Crippen LogP contribution in [0, 0.1) is 17.0 Å². The summed E-state index contributed by atoms with van der Waals surface area (Å²) in [4.78, 5) is 18.9. The highest BCUT2D eigenvalue weighted by Crippen LogP contribution is 2.47. The Labute approximate surface area is 159 Å². The van der Waals surface area contributed by atoms with Crippen molar-refractivity contribution in [2.45, 2.75) is 25.9 Å². The van der Waals surface area contributed by atoms with E-state index in [0.717, 1.165) is 18.9 Å². The van der Waals surface area contributed by atoms with Crippen molar-refractivity contribution in [2.75, 3.05) is 26.8 Å². The standard InChI is InChI=1S/C19H20F2N2O3S/c1-19(5-6-19)18(24)23-7-8-26-14(9-23)17-22-12(10-27-17)15-13(25-2)4-3-11(20)16(15)21/h3-4,10,14H,5-9H2,1-2H3/t14-/m1/s1. The van der Waals surface area contributed by atoms with Crippen LogP contribution in [0.15, 0.2) is 17.5 Å². The predicted octanol–water partition coefficient (Wildman–Crippen LogP) is 3.80. The summed E-state index contributed by atoms with van der Waals surface area (Å²) < 4.78 is 38.9. The number of thiazole rings is 1. The summed E-state index contributed by atoms with van der Waals surface area (Å²) in [6.07, 6.45) is 1.48. The first-order valence-corrected chi connectivity index (χ1v) is 9.69. The molecule has 144 valence electrons. The summed E-state index contributed by atoms with van der Waals surface area (Å²) in [6, 6.07) is 2.40. The Hall–Kier alpha value is -2.06. The van der Waals surface area contributed by atoms with E-state index in [1.165, 1.54) is 24.5 Å². The zero-order valence-electron chi connectivity index (χ0n) is 15.1. The molecule has 1 amide bonds. The second kappa shape index (κ2) is 6.83. The minimum absolute atomic E-state index is 0.00534. The fraction of sp³-hybridized carbons (Fsp3) is 0.474. The molecule has 1 aliphatic heterocycles. The number of hydrogen-bond acceptors (Lipinski definition) is 5. The number of ether oxygens (including phenoxy) is 2. The Bertz CT molecular complexity index is 882. The van der Waals surface area contributed by atoms with Gasteiger partial charge in [0.1, 0.15) is 16.9 Å².